The first-order valence-electron chi connectivity index (χ1n) is 8.07. The van der Waals surface area contributed by atoms with Crippen LogP contribution >= 0.6 is 11.3 Å². The largest absolute Gasteiger partial charge is 0.454 e. The minimum absolute atomic E-state index is 0.00635. The molecular formula is C17H21N3O3S. The molecule has 0 bridgehead atoms. The van der Waals surface area contributed by atoms with Gasteiger partial charge in [0.25, 0.3) is 5.91 Å². The number of benzene rings is 1. The third-order valence-electron chi connectivity index (χ3n) is 3.88. The van der Waals surface area contributed by atoms with Gasteiger partial charge in [0.1, 0.15) is 10.7 Å². The number of thiazole rings is 1. The average molecular weight is 347 g/mol. The maximum absolute atomic E-state index is 12.3. The number of carbonyl (C=O) groups is 1. The first-order chi connectivity index (χ1) is 11.7. The lowest BCUT2D eigenvalue weighted by molar-refractivity contribution is 0.0931. The zero-order chi connectivity index (χ0) is 16.9. The zero-order valence-electron chi connectivity index (χ0n) is 13.6. The molecule has 0 saturated heterocycles. The number of nitrogens with two attached hydrogens (primary N) is 1. The number of nitrogens with one attached hydrogen (secondary N) is 1. The van der Waals surface area contributed by atoms with E-state index in [0.29, 0.717) is 18.0 Å². The molecule has 1 aromatic heterocycles. The number of ether oxygens (including phenoxy) is 2. The lowest BCUT2D eigenvalue weighted by Crippen LogP contribution is -2.40. The Kier molecular flexibility index (Phi) is 5.32. The van der Waals surface area contributed by atoms with E-state index in [0.717, 1.165) is 35.6 Å². The van der Waals surface area contributed by atoms with Crippen molar-refractivity contribution in [2.24, 2.45) is 5.73 Å². The minimum atomic E-state index is -0.176. The van der Waals surface area contributed by atoms with Gasteiger partial charge in [0.05, 0.1) is 0 Å². The fourth-order valence-corrected chi connectivity index (χ4v) is 3.30. The summed E-state index contributed by atoms with van der Waals surface area (Å²) in [7, 11) is 0. The molecule has 128 valence electrons. The number of unbranched alkanes of at least 4 members (excludes halogenated alkanes) is 1. The van der Waals surface area contributed by atoms with Gasteiger partial charge in [-0.3, -0.25) is 4.79 Å². The fraction of sp³-hybridized carbons (Fsp3) is 0.412. The third kappa shape index (κ3) is 3.68. The molecule has 1 aliphatic heterocycles. The van der Waals surface area contributed by atoms with Crippen LogP contribution in [0.1, 0.15) is 36.7 Å². The first kappa shape index (κ1) is 16.7. The summed E-state index contributed by atoms with van der Waals surface area (Å²) in [5.41, 5.74) is 7.06. The summed E-state index contributed by atoms with van der Waals surface area (Å²) in [6, 6.07) is 5.65. The van der Waals surface area contributed by atoms with E-state index in [1.807, 2.05) is 18.2 Å². The van der Waals surface area contributed by atoms with Crippen molar-refractivity contribution in [1.82, 2.24) is 10.3 Å². The molecule has 1 aromatic carbocycles. The van der Waals surface area contributed by atoms with Gasteiger partial charge in [-0.05, 0) is 24.6 Å². The molecule has 1 amide bonds. The Morgan fingerprint density at radius 2 is 2.25 bits per heavy atom. The van der Waals surface area contributed by atoms with E-state index >= 15 is 0 Å². The van der Waals surface area contributed by atoms with Crippen molar-refractivity contribution in [3.63, 3.8) is 0 Å². The molecule has 0 radical (unpaired) electrons. The van der Waals surface area contributed by atoms with Crippen molar-refractivity contribution in [1.29, 1.82) is 0 Å². The van der Waals surface area contributed by atoms with Crippen molar-refractivity contribution in [2.45, 2.75) is 32.2 Å². The number of rotatable bonds is 7. The van der Waals surface area contributed by atoms with Crippen molar-refractivity contribution >= 4 is 17.2 Å². The van der Waals surface area contributed by atoms with Gasteiger partial charge in [-0.25, -0.2) is 4.98 Å². The maximum atomic E-state index is 12.3. The van der Waals surface area contributed by atoms with Gasteiger partial charge in [-0.2, -0.15) is 0 Å². The number of nitrogens with zero attached hydrogens (tertiary/aromatic N) is 1. The summed E-state index contributed by atoms with van der Waals surface area (Å²) in [5.74, 6) is 1.26. The molecular weight excluding hydrogens is 326 g/mol. The van der Waals surface area contributed by atoms with Crippen LogP contribution in [0.15, 0.2) is 23.6 Å². The van der Waals surface area contributed by atoms with Crippen LogP contribution in [0.4, 0.5) is 0 Å². The topological polar surface area (TPSA) is 86.5 Å². The molecule has 0 spiro atoms. The summed E-state index contributed by atoms with van der Waals surface area (Å²) in [4.78, 5) is 16.8. The van der Waals surface area contributed by atoms with E-state index in [9.17, 15) is 4.79 Å². The Hall–Kier alpha value is -2.12. The number of aromatic nitrogens is 1. The molecule has 2 heterocycles. The van der Waals surface area contributed by atoms with Gasteiger partial charge in [-0.15, -0.1) is 11.3 Å². The summed E-state index contributed by atoms with van der Waals surface area (Å²) < 4.78 is 10.7. The van der Waals surface area contributed by atoms with Crippen LogP contribution in [-0.2, 0) is 0 Å². The quantitative estimate of drug-likeness (QED) is 0.804. The van der Waals surface area contributed by atoms with E-state index in [2.05, 4.69) is 17.2 Å². The SMILES string of the molecule is CCCCC(CN)NC(=O)c1csc(-c2ccc3c(c2)OCO3)n1. The summed E-state index contributed by atoms with van der Waals surface area (Å²) in [6.45, 7) is 2.79. The number of carbonyl (C=O) groups excluding carboxylic acids is 1. The molecule has 2 aromatic rings. The Morgan fingerprint density at radius 3 is 3.04 bits per heavy atom. The van der Waals surface area contributed by atoms with Gasteiger partial charge in [0.2, 0.25) is 6.79 Å². The monoisotopic (exact) mass is 347 g/mol. The summed E-state index contributed by atoms with van der Waals surface area (Å²) in [6.07, 6.45) is 3.01. The van der Waals surface area contributed by atoms with Gasteiger partial charge >= 0.3 is 0 Å². The molecule has 6 nitrogen and oxygen atoms in total. The fourth-order valence-electron chi connectivity index (χ4n) is 2.50. The van der Waals surface area contributed by atoms with E-state index in [1.54, 1.807) is 5.38 Å². The normalized spacial score (nSPS) is 13.8. The summed E-state index contributed by atoms with van der Waals surface area (Å²) in [5, 5.41) is 5.50. The zero-order valence-corrected chi connectivity index (χ0v) is 14.4. The van der Waals surface area contributed by atoms with Crippen LogP contribution in [0.5, 0.6) is 11.5 Å². The second kappa shape index (κ2) is 7.63. The van der Waals surface area contributed by atoms with Crippen molar-refractivity contribution in [3.8, 4) is 22.1 Å². The molecule has 0 fully saturated rings. The van der Waals surface area contributed by atoms with E-state index in [1.165, 1.54) is 11.3 Å². The Morgan fingerprint density at radius 1 is 1.42 bits per heavy atom. The number of fused-ring (bicyclic) bond motifs is 1. The molecule has 1 aliphatic rings. The maximum Gasteiger partial charge on any atom is 0.271 e. The lowest BCUT2D eigenvalue weighted by Gasteiger charge is -2.15. The molecule has 0 aliphatic carbocycles. The van der Waals surface area contributed by atoms with Gasteiger partial charge in [0, 0.05) is 23.5 Å². The highest BCUT2D eigenvalue weighted by atomic mass is 32.1. The minimum Gasteiger partial charge on any atom is -0.454 e. The molecule has 1 atom stereocenters. The van der Waals surface area contributed by atoms with Crippen LogP contribution in [0, 0.1) is 0 Å². The molecule has 3 N–H and O–H groups in total. The van der Waals surface area contributed by atoms with Gasteiger partial charge in [-0.1, -0.05) is 19.8 Å². The number of amides is 1. The predicted molar refractivity (Wildman–Crippen MR) is 93.5 cm³/mol. The van der Waals surface area contributed by atoms with E-state index < -0.39 is 0 Å². The average Bonchev–Trinajstić information content (AvgIpc) is 3.26. The second-order valence-corrected chi connectivity index (χ2v) is 6.51. The van der Waals surface area contributed by atoms with Crippen LogP contribution in [-0.4, -0.2) is 30.3 Å². The highest BCUT2D eigenvalue weighted by molar-refractivity contribution is 7.13. The van der Waals surface area contributed by atoms with Gasteiger partial charge < -0.3 is 20.5 Å². The highest BCUT2D eigenvalue weighted by Crippen LogP contribution is 2.36. The Balaban J connectivity index is 1.69. The van der Waals surface area contributed by atoms with Crippen LogP contribution < -0.4 is 20.5 Å². The number of hydrogen-bond donors (Lipinski definition) is 2. The number of hydrogen-bond acceptors (Lipinski definition) is 6. The summed E-state index contributed by atoms with van der Waals surface area (Å²) >= 11 is 1.43. The smallest absolute Gasteiger partial charge is 0.271 e. The molecule has 24 heavy (non-hydrogen) atoms. The predicted octanol–water partition coefficient (Wildman–Crippen LogP) is 2.79. The Bertz CT molecular complexity index is 717. The highest BCUT2D eigenvalue weighted by Gasteiger charge is 2.18. The lowest BCUT2D eigenvalue weighted by atomic mass is 10.1. The molecule has 0 saturated carbocycles. The van der Waals surface area contributed by atoms with Crippen LogP contribution in [0.2, 0.25) is 0 Å². The molecule has 3 rings (SSSR count). The molecule has 1 unspecified atom stereocenters. The van der Waals surface area contributed by atoms with E-state index in [4.69, 9.17) is 15.2 Å². The molecule has 7 heteroatoms. The second-order valence-electron chi connectivity index (χ2n) is 5.65. The van der Waals surface area contributed by atoms with E-state index in [-0.39, 0.29) is 18.7 Å². The standard InChI is InChI=1S/C17H21N3O3S/c1-2-3-4-12(8-18)19-16(21)13-9-24-17(20-13)11-5-6-14-15(7-11)23-10-22-14/h5-7,9,12H,2-4,8,10,18H2,1H3,(H,19,21). The van der Waals surface area contributed by atoms with Crippen molar-refractivity contribution < 1.29 is 14.3 Å². The van der Waals surface area contributed by atoms with Crippen LogP contribution in [0.3, 0.4) is 0 Å². The van der Waals surface area contributed by atoms with Crippen LogP contribution in [0.25, 0.3) is 10.6 Å². The first-order valence-corrected chi connectivity index (χ1v) is 8.95. The third-order valence-corrected chi connectivity index (χ3v) is 4.77. The van der Waals surface area contributed by atoms with Crippen molar-refractivity contribution in [2.75, 3.05) is 13.3 Å². The Labute approximate surface area is 145 Å². The van der Waals surface area contributed by atoms with Gasteiger partial charge in [0.15, 0.2) is 11.5 Å². The van der Waals surface area contributed by atoms with Crippen molar-refractivity contribution in [3.05, 3.63) is 29.3 Å².